The van der Waals surface area contributed by atoms with Gasteiger partial charge in [0.05, 0.1) is 28.9 Å². The SMILES string of the molecule is CCOC(=O)CC1Nc2cccnc2[SH](Cc2nc3cc(F)ccc3s2)C1=O. The Morgan fingerprint density at radius 1 is 1.39 bits per heavy atom. The number of halogens is 1. The molecule has 1 aliphatic heterocycles. The second-order valence-electron chi connectivity index (χ2n) is 6.22. The van der Waals surface area contributed by atoms with E-state index in [1.807, 2.05) is 6.07 Å². The number of benzene rings is 1. The van der Waals surface area contributed by atoms with Gasteiger partial charge in [-0.25, -0.2) is 14.4 Å². The predicted octanol–water partition coefficient (Wildman–Crippen LogP) is 3.66. The van der Waals surface area contributed by atoms with Gasteiger partial charge in [0.2, 0.25) is 0 Å². The Bertz CT molecular complexity index is 1060. The number of carbonyl (C=O) groups excluding carboxylic acids is 2. The van der Waals surface area contributed by atoms with Gasteiger partial charge < -0.3 is 10.1 Å². The van der Waals surface area contributed by atoms with Crippen molar-refractivity contribution in [1.29, 1.82) is 0 Å². The first kappa shape index (κ1) is 18.8. The standard InChI is InChI=1S/C19H18FN3O3S2/c1-2-26-17(24)9-14-19(25)28(18-12(22-14)4-3-7-21-18)10-16-23-13-8-11(20)5-6-15(13)27-16/h3-8,14,22,28H,2,9-10H2,1H3. The summed E-state index contributed by atoms with van der Waals surface area (Å²) in [6, 6.07) is 7.49. The van der Waals surface area contributed by atoms with E-state index < -0.39 is 22.9 Å². The first-order chi connectivity index (χ1) is 13.5. The highest BCUT2D eigenvalue weighted by atomic mass is 32.2. The van der Waals surface area contributed by atoms with Gasteiger partial charge in [0.1, 0.15) is 21.9 Å². The second-order valence-corrected chi connectivity index (χ2v) is 9.38. The van der Waals surface area contributed by atoms with Crippen molar-refractivity contribution < 1.29 is 18.7 Å². The van der Waals surface area contributed by atoms with Crippen LogP contribution in [0.4, 0.5) is 10.1 Å². The Morgan fingerprint density at radius 3 is 3.07 bits per heavy atom. The number of anilines is 1. The van der Waals surface area contributed by atoms with E-state index in [0.29, 0.717) is 16.3 Å². The number of fused-ring (bicyclic) bond motifs is 2. The van der Waals surface area contributed by atoms with Gasteiger partial charge in [-0.05, 0) is 31.2 Å². The number of nitrogens with one attached hydrogen (secondary N) is 1. The van der Waals surface area contributed by atoms with Crippen LogP contribution in [0.3, 0.4) is 0 Å². The van der Waals surface area contributed by atoms with Gasteiger partial charge in [-0.3, -0.25) is 9.59 Å². The molecule has 2 atom stereocenters. The number of pyridine rings is 1. The van der Waals surface area contributed by atoms with Crippen molar-refractivity contribution >= 4 is 49.2 Å². The van der Waals surface area contributed by atoms with E-state index in [4.69, 9.17) is 4.74 Å². The average molecular weight is 420 g/mol. The van der Waals surface area contributed by atoms with E-state index in [0.717, 1.165) is 15.4 Å². The largest absolute Gasteiger partial charge is 0.466 e. The molecule has 2 aromatic heterocycles. The number of hydrogen-bond donors (Lipinski definition) is 2. The Kier molecular flexibility index (Phi) is 5.27. The molecule has 3 aromatic rings. The predicted molar refractivity (Wildman–Crippen MR) is 108 cm³/mol. The van der Waals surface area contributed by atoms with E-state index in [1.54, 1.807) is 25.3 Å². The molecule has 0 spiro atoms. The maximum Gasteiger partial charge on any atom is 0.308 e. The first-order valence-electron chi connectivity index (χ1n) is 8.78. The lowest BCUT2D eigenvalue weighted by molar-refractivity contribution is -0.144. The van der Waals surface area contributed by atoms with Crippen LogP contribution in [-0.2, 0) is 20.1 Å². The van der Waals surface area contributed by atoms with Gasteiger partial charge in [0.15, 0.2) is 5.12 Å². The van der Waals surface area contributed by atoms with E-state index in [-0.39, 0.29) is 24.0 Å². The van der Waals surface area contributed by atoms with Gasteiger partial charge in [0.25, 0.3) is 0 Å². The third kappa shape index (κ3) is 3.72. The molecule has 1 aliphatic rings. The van der Waals surface area contributed by atoms with Crippen LogP contribution >= 0.6 is 22.2 Å². The number of thiol groups is 1. The van der Waals surface area contributed by atoms with Crippen LogP contribution in [-0.4, -0.2) is 33.7 Å². The number of esters is 1. The number of carbonyl (C=O) groups is 2. The Hall–Kier alpha value is -2.52. The molecule has 6 nitrogen and oxygen atoms in total. The van der Waals surface area contributed by atoms with E-state index >= 15 is 0 Å². The molecule has 28 heavy (non-hydrogen) atoms. The lowest BCUT2D eigenvalue weighted by atomic mass is 10.2. The zero-order chi connectivity index (χ0) is 19.7. The summed E-state index contributed by atoms with van der Waals surface area (Å²) < 4.78 is 19.3. The first-order valence-corrected chi connectivity index (χ1v) is 11.1. The minimum atomic E-state index is -1.31. The van der Waals surface area contributed by atoms with Gasteiger partial charge >= 0.3 is 5.97 Å². The van der Waals surface area contributed by atoms with Gasteiger partial charge in [-0.15, -0.1) is 22.2 Å². The molecule has 0 aliphatic carbocycles. The van der Waals surface area contributed by atoms with Crippen molar-refractivity contribution in [3.05, 3.63) is 47.4 Å². The second kappa shape index (κ2) is 7.84. The lowest BCUT2D eigenvalue weighted by Gasteiger charge is -2.32. The molecule has 0 radical (unpaired) electrons. The number of ether oxygens (including phenoxy) is 1. The Balaban J connectivity index is 1.64. The number of thiazole rings is 1. The third-order valence-corrected chi connectivity index (χ3v) is 7.88. The van der Waals surface area contributed by atoms with Crippen molar-refractivity contribution in [2.75, 3.05) is 11.9 Å². The topological polar surface area (TPSA) is 81.2 Å². The van der Waals surface area contributed by atoms with Crippen LogP contribution < -0.4 is 5.32 Å². The maximum absolute atomic E-state index is 13.5. The van der Waals surface area contributed by atoms with Gasteiger partial charge in [-0.2, -0.15) is 0 Å². The summed E-state index contributed by atoms with van der Waals surface area (Å²) >= 11 is 1.45. The summed E-state index contributed by atoms with van der Waals surface area (Å²) in [5.74, 6) is -0.333. The Labute approximate surface area is 167 Å². The molecule has 0 fully saturated rings. The highest BCUT2D eigenvalue weighted by Gasteiger charge is 2.35. The number of aromatic nitrogens is 2. The zero-order valence-corrected chi connectivity index (χ0v) is 16.7. The van der Waals surface area contributed by atoms with Gasteiger partial charge in [0, 0.05) is 18.0 Å². The van der Waals surface area contributed by atoms with Gasteiger partial charge in [-0.1, -0.05) is 0 Å². The van der Waals surface area contributed by atoms with Crippen LogP contribution in [0.5, 0.6) is 0 Å². The van der Waals surface area contributed by atoms with Crippen LogP contribution in [0.25, 0.3) is 10.2 Å². The summed E-state index contributed by atoms with van der Waals surface area (Å²) in [6.07, 6.45) is 1.63. The van der Waals surface area contributed by atoms with Crippen LogP contribution in [0.1, 0.15) is 18.4 Å². The van der Waals surface area contributed by atoms with Crippen molar-refractivity contribution in [2.24, 2.45) is 0 Å². The van der Waals surface area contributed by atoms with Crippen LogP contribution in [0.15, 0.2) is 41.6 Å². The molecule has 0 amide bonds. The molecule has 0 saturated carbocycles. The van der Waals surface area contributed by atoms with E-state index in [9.17, 15) is 14.0 Å². The number of nitrogens with zero attached hydrogens (tertiary/aromatic N) is 2. The summed E-state index contributed by atoms with van der Waals surface area (Å²) in [4.78, 5) is 34.0. The van der Waals surface area contributed by atoms with Crippen molar-refractivity contribution in [3.8, 4) is 0 Å². The summed E-state index contributed by atoms with van der Waals surface area (Å²) in [5.41, 5.74) is 1.34. The zero-order valence-electron chi connectivity index (χ0n) is 15.0. The van der Waals surface area contributed by atoms with E-state index in [2.05, 4.69) is 15.3 Å². The number of hydrogen-bond acceptors (Lipinski definition) is 7. The van der Waals surface area contributed by atoms with E-state index in [1.165, 1.54) is 23.5 Å². The highest BCUT2D eigenvalue weighted by Crippen LogP contribution is 2.48. The molecule has 0 saturated heterocycles. The fourth-order valence-corrected chi connectivity index (χ4v) is 6.51. The van der Waals surface area contributed by atoms with Crippen molar-refractivity contribution in [1.82, 2.24) is 9.97 Å². The fraction of sp³-hybridized carbons (Fsp3) is 0.263. The normalized spacial score (nSPS) is 19.9. The minimum Gasteiger partial charge on any atom is -0.466 e. The molecule has 3 heterocycles. The summed E-state index contributed by atoms with van der Waals surface area (Å²) in [7, 11) is -1.31. The van der Waals surface area contributed by atoms with Crippen LogP contribution in [0.2, 0.25) is 0 Å². The summed E-state index contributed by atoms with van der Waals surface area (Å²) in [6.45, 7) is 2.00. The number of rotatable bonds is 5. The third-order valence-electron chi connectivity index (χ3n) is 4.30. The minimum absolute atomic E-state index is 0.0229. The quantitative estimate of drug-likeness (QED) is 0.485. The lowest BCUT2D eigenvalue weighted by Crippen LogP contribution is -2.36. The molecule has 4 rings (SSSR count). The molecular formula is C19H18FN3O3S2. The molecule has 0 bridgehead atoms. The molecule has 2 unspecified atom stereocenters. The highest BCUT2D eigenvalue weighted by molar-refractivity contribution is 8.29. The smallest absolute Gasteiger partial charge is 0.308 e. The molecule has 1 N–H and O–H groups in total. The average Bonchev–Trinajstić information content (AvgIpc) is 3.07. The Morgan fingerprint density at radius 2 is 2.25 bits per heavy atom. The molecular weight excluding hydrogens is 401 g/mol. The summed E-state index contributed by atoms with van der Waals surface area (Å²) in [5, 5.41) is 4.53. The maximum atomic E-state index is 13.5. The van der Waals surface area contributed by atoms with Crippen LogP contribution in [0, 0.1) is 5.82 Å². The molecule has 146 valence electrons. The van der Waals surface area contributed by atoms with Crippen molar-refractivity contribution in [3.63, 3.8) is 0 Å². The van der Waals surface area contributed by atoms with Crippen molar-refractivity contribution in [2.45, 2.75) is 30.2 Å². The fourth-order valence-electron chi connectivity index (χ4n) is 3.10. The molecule has 9 heteroatoms. The monoisotopic (exact) mass is 419 g/mol. The molecule has 1 aromatic carbocycles.